The molecule has 9 aromatic carbocycles. The molecule has 12 rings (SSSR count). The van der Waals surface area contributed by atoms with Gasteiger partial charge in [-0.25, -0.2) is 15.0 Å². The van der Waals surface area contributed by atoms with Gasteiger partial charge in [0, 0.05) is 43.9 Å². The van der Waals surface area contributed by atoms with E-state index in [-0.39, 0.29) is 0 Å². The molecule has 3 aromatic heterocycles. The largest absolute Gasteiger partial charge is 0.456 e. The lowest BCUT2D eigenvalue weighted by Crippen LogP contribution is -2.00. The zero-order valence-corrected chi connectivity index (χ0v) is 33.5. The molecule has 3 heterocycles. The van der Waals surface area contributed by atoms with E-state index in [0.717, 1.165) is 77.7 Å². The fraction of sp³-hybridized carbons (Fsp3) is 0. The van der Waals surface area contributed by atoms with E-state index in [4.69, 9.17) is 19.4 Å². The van der Waals surface area contributed by atoms with Crippen LogP contribution in [-0.2, 0) is 0 Å². The summed E-state index contributed by atoms with van der Waals surface area (Å²) in [5.74, 6) is 1.80. The Kier molecular flexibility index (Phi) is 8.42. The van der Waals surface area contributed by atoms with Gasteiger partial charge in [-0.2, -0.15) is 0 Å². The maximum absolute atomic E-state index is 6.69. The molecule has 0 amide bonds. The first-order chi connectivity index (χ1) is 30.7. The van der Waals surface area contributed by atoms with Crippen LogP contribution in [0.4, 0.5) is 0 Å². The average Bonchev–Trinajstić information content (AvgIpc) is 3.90. The van der Waals surface area contributed by atoms with Crippen molar-refractivity contribution in [3.8, 4) is 73.2 Å². The summed E-state index contributed by atoms with van der Waals surface area (Å²) in [5, 5.41) is 4.55. The molecule has 0 saturated heterocycles. The maximum atomic E-state index is 6.69. The normalized spacial score (nSPS) is 11.5. The van der Waals surface area contributed by atoms with Gasteiger partial charge in [0.1, 0.15) is 11.2 Å². The number of nitrogens with zero attached hydrogens (tertiary/aromatic N) is 4. The van der Waals surface area contributed by atoms with Crippen molar-refractivity contribution < 1.29 is 4.42 Å². The van der Waals surface area contributed by atoms with Crippen molar-refractivity contribution in [3.05, 3.63) is 218 Å². The van der Waals surface area contributed by atoms with Gasteiger partial charge in [0.2, 0.25) is 0 Å². The van der Waals surface area contributed by atoms with Gasteiger partial charge >= 0.3 is 0 Å². The summed E-state index contributed by atoms with van der Waals surface area (Å²) in [6.07, 6.45) is 0. The Morgan fingerprint density at radius 1 is 0.306 bits per heavy atom. The predicted octanol–water partition coefficient (Wildman–Crippen LogP) is 14.9. The van der Waals surface area contributed by atoms with Crippen LogP contribution in [0, 0.1) is 0 Å². The summed E-state index contributed by atoms with van der Waals surface area (Å²) in [7, 11) is 0. The molecule has 12 aromatic rings. The minimum absolute atomic E-state index is 0.580. The van der Waals surface area contributed by atoms with Crippen LogP contribution >= 0.6 is 0 Å². The number of para-hydroxylation sites is 2. The van der Waals surface area contributed by atoms with Gasteiger partial charge in [0.05, 0.1) is 11.0 Å². The molecular formula is C57H36N4O. The molecule has 0 N–H and O–H groups in total. The third kappa shape index (κ3) is 6.06. The summed E-state index contributed by atoms with van der Waals surface area (Å²) in [5.41, 5.74) is 14.6. The number of fused-ring (bicyclic) bond motifs is 6. The maximum Gasteiger partial charge on any atom is 0.164 e. The summed E-state index contributed by atoms with van der Waals surface area (Å²) in [6, 6.07) is 76.3. The topological polar surface area (TPSA) is 56.7 Å². The number of furan rings is 1. The van der Waals surface area contributed by atoms with Gasteiger partial charge in [0.25, 0.3) is 0 Å². The van der Waals surface area contributed by atoms with Crippen molar-refractivity contribution in [3.63, 3.8) is 0 Å². The van der Waals surface area contributed by atoms with Crippen LogP contribution in [0.2, 0.25) is 0 Å². The van der Waals surface area contributed by atoms with Gasteiger partial charge in [0.15, 0.2) is 17.5 Å². The zero-order chi connectivity index (χ0) is 41.0. The van der Waals surface area contributed by atoms with E-state index < -0.39 is 0 Å². The first-order valence-corrected chi connectivity index (χ1v) is 20.8. The van der Waals surface area contributed by atoms with Crippen molar-refractivity contribution in [2.45, 2.75) is 0 Å². The summed E-state index contributed by atoms with van der Waals surface area (Å²) in [4.78, 5) is 15.2. The molecule has 0 fully saturated rings. The zero-order valence-electron chi connectivity index (χ0n) is 33.5. The second-order valence-electron chi connectivity index (χ2n) is 15.6. The molecule has 0 saturated carbocycles. The van der Waals surface area contributed by atoms with Gasteiger partial charge in [-0.1, -0.05) is 164 Å². The van der Waals surface area contributed by atoms with Gasteiger partial charge in [-0.3, -0.25) is 0 Å². The Hall–Kier alpha value is -8.41. The first kappa shape index (κ1) is 35.5. The van der Waals surface area contributed by atoms with E-state index in [2.05, 4.69) is 187 Å². The quantitative estimate of drug-likeness (QED) is 0.161. The fourth-order valence-electron chi connectivity index (χ4n) is 8.97. The molecule has 290 valence electrons. The predicted molar refractivity (Wildman–Crippen MR) is 254 cm³/mol. The molecule has 5 nitrogen and oxygen atoms in total. The van der Waals surface area contributed by atoms with Crippen LogP contribution in [0.1, 0.15) is 0 Å². The monoisotopic (exact) mass is 792 g/mol. The highest BCUT2D eigenvalue weighted by Crippen LogP contribution is 2.43. The summed E-state index contributed by atoms with van der Waals surface area (Å²) < 4.78 is 9.05. The fourth-order valence-corrected chi connectivity index (χ4v) is 8.97. The molecule has 0 radical (unpaired) electrons. The molecule has 0 unspecified atom stereocenters. The lowest BCUT2D eigenvalue weighted by atomic mass is 9.91. The Labute approximate surface area is 357 Å². The second-order valence-corrected chi connectivity index (χ2v) is 15.6. The van der Waals surface area contributed by atoms with Crippen LogP contribution in [-0.4, -0.2) is 19.5 Å². The number of hydrogen-bond acceptors (Lipinski definition) is 4. The van der Waals surface area contributed by atoms with E-state index >= 15 is 0 Å². The minimum atomic E-state index is 0.580. The number of benzene rings is 9. The van der Waals surface area contributed by atoms with Crippen LogP contribution in [0.15, 0.2) is 223 Å². The molecule has 62 heavy (non-hydrogen) atoms. The molecule has 0 aliphatic carbocycles. The van der Waals surface area contributed by atoms with E-state index in [1.165, 1.54) is 21.8 Å². The lowest BCUT2D eigenvalue weighted by molar-refractivity contribution is 0.669. The highest BCUT2D eigenvalue weighted by atomic mass is 16.3. The Morgan fingerprint density at radius 2 is 0.871 bits per heavy atom. The average molecular weight is 793 g/mol. The standard InChI is InChI=1S/C57H36N4O/c1-4-16-37(17-5-1)39-20-14-21-41(34-39)56-58-55(38-18-6-2-7-19-38)59-57(60-56)42-30-32-48-53(36-42)62-52-29-15-27-47(54(48)52)45-25-11-10-24-44(45)40-31-33-51-49(35-40)46-26-12-13-28-50(46)61(51)43-22-8-3-9-23-43/h1-36H. The molecule has 0 aliphatic rings. The SMILES string of the molecule is c1ccc(-c2cccc(-c3nc(-c4ccccc4)nc(-c4ccc5c(c4)oc4cccc(-c6ccccc6-c6ccc7c(c6)c6ccccc6n7-c6ccccc6)c45)n3)c2)cc1. The highest BCUT2D eigenvalue weighted by molar-refractivity contribution is 6.15. The summed E-state index contributed by atoms with van der Waals surface area (Å²) in [6.45, 7) is 0. The molecule has 0 bridgehead atoms. The minimum Gasteiger partial charge on any atom is -0.456 e. The van der Waals surface area contributed by atoms with Crippen molar-refractivity contribution >= 4 is 43.7 Å². The van der Waals surface area contributed by atoms with E-state index in [0.29, 0.717) is 17.5 Å². The van der Waals surface area contributed by atoms with Gasteiger partial charge in [-0.05, 0) is 88.0 Å². The molecule has 0 atom stereocenters. The lowest BCUT2D eigenvalue weighted by Gasteiger charge is -2.12. The Morgan fingerprint density at radius 3 is 1.66 bits per heavy atom. The Bertz CT molecular complexity index is 3630. The van der Waals surface area contributed by atoms with Gasteiger partial charge < -0.3 is 8.98 Å². The van der Waals surface area contributed by atoms with Crippen LogP contribution < -0.4 is 0 Å². The number of aromatic nitrogens is 4. The summed E-state index contributed by atoms with van der Waals surface area (Å²) >= 11 is 0. The number of hydrogen-bond donors (Lipinski definition) is 0. The van der Waals surface area contributed by atoms with E-state index in [1.54, 1.807) is 0 Å². The van der Waals surface area contributed by atoms with E-state index in [1.807, 2.05) is 36.4 Å². The van der Waals surface area contributed by atoms with Crippen molar-refractivity contribution in [1.29, 1.82) is 0 Å². The highest BCUT2D eigenvalue weighted by Gasteiger charge is 2.20. The van der Waals surface area contributed by atoms with E-state index in [9.17, 15) is 0 Å². The van der Waals surface area contributed by atoms with Crippen molar-refractivity contribution in [2.75, 3.05) is 0 Å². The first-order valence-electron chi connectivity index (χ1n) is 20.8. The molecular weight excluding hydrogens is 757 g/mol. The molecule has 5 heteroatoms. The number of rotatable bonds is 7. The van der Waals surface area contributed by atoms with Crippen LogP contribution in [0.5, 0.6) is 0 Å². The molecule has 0 aliphatic heterocycles. The van der Waals surface area contributed by atoms with Crippen LogP contribution in [0.3, 0.4) is 0 Å². The van der Waals surface area contributed by atoms with Crippen molar-refractivity contribution in [1.82, 2.24) is 19.5 Å². The van der Waals surface area contributed by atoms with Crippen molar-refractivity contribution in [2.24, 2.45) is 0 Å². The third-order valence-corrected chi connectivity index (χ3v) is 11.9. The van der Waals surface area contributed by atoms with Gasteiger partial charge in [-0.15, -0.1) is 0 Å². The van der Waals surface area contributed by atoms with Crippen LogP contribution in [0.25, 0.3) is 117 Å². The third-order valence-electron chi connectivity index (χ3n) is 11.9. The smallest absolute Gasteiger partial charge is 0.164 e. The second kappa shape index (κ2) is 14.7. The molecule has 0 spiro atoms. The Balaban J connectivity index is 0.978.